The Balaban J connectivity index is 1.73. The monoisotopic (exact) mass is 414 g/mol. The highest BCUT2D eigenvalue weighted by atomic mass is 19.4. The lowest BCUT2D eigenvalue weighted by Crippen LogP contribution is -2.16. The molecule has 0 aliphatic rings. The molecule has 3 heterocycles. The number of carbonyl (C=O) groups excluding carboxylic acids is 1. The van der Waals surface area contributed by atoms with E-state index < -0.39 is 17.6 Å². The van der Waals surface area contributed by atoms with Gasteiger partial charge in [-0.15, -0.1) is 0 Å². The van der Waals surface area contributed by atoms with Gasteiger partial charge in [-0.3, -0.25) is 4.79 Å². The summed E-state index contributed by atoms with van der Waals surface area (Å²) in [5, 5.41) is 6.77. The molecule has 0 radical (unpaired) electrons. The molecule has 11 heteroatoms. The van der Waals surface area contributed by atoms with Crippen molar-refractivity contribution < 1.29 is 22.7 Å². The number of fused-ring (bicyclic) bond motifs is 1. The van der Waals surface area contributed by atoms with E-state index in [9.17, 15) is 18.0 Å². The fourth-order valence-electron chi connectivity index (χ4n) is 2.81. The largest absolute Gasteiger partial charge is 0.467 e. The van der Waals surface area contributed by atoms with Crippen LogP contribution in [0.3, 0.4) is 0 Å². The van der Waals surface area contributed by atoms with Crippen molar-refractivity contribution in [1.29, 1.82) is 0 Å². The molecule has 4 rings (SSSR count). The van der Waals surface area contributed by atoms with Crippen molar-refractivity contribution in [3.8, 4) is 17.3 Å². The first-order valence-corrected chi connectivity index (χ1v) is 8.56. The van der Waals surface area contributed by atoms with Gasteiger partial charge in [-0.2, -0.15) is 23.3 Å². The summed E-state index contributed by atoms with van der Waals surface area (Å²) in [4.78, 5) is 24.6. The molecule has 0 aliphatic carbocycles. The van der Waals surface area contributed by atoms with Crippen LogP contribution in [0.4, 0.5) is 19.0 Å². The topological polar surface area (TPSA) is 94.3 Å². The number of hydrogen-bond donors (Lipinski definition) is 1. The van der Waals surface area contributed by atoms with Gasteiger partial charge in [-0.05, 0) is 24.3 Å². The number of alkyl halides is 3. The Morgan fingerprint density at radius 2 is 1.90 bits per heavy atom. The van der Waals surface area contributed by atoms with Gasteiger partial charge < -0.3 is 10.1 Å². The van der Waals surface area contributed by atoms with Gasteiger partial charge >= 0.3 is 12.2 Å². The van der Waals surface area contributed by atoms with E-state index in [1.165, 1.54) is 60.4 Å². The first-order chi connectivity index (χ1) is 14.4. The number of benzene rings is 1. The summed E-state index contributed by atoms with van der Waals surface area (Å²) in [5.74, 6) is -0.419. The van der Waals surface area contributed by atoms with E-state index in [1.54, 1.807) is 0 Å². The lowest BCUT2D eigenvalue weighted by Gasteiger charge is -2.12. The van der Waals surface area contributed by atoms with Gasteiger partial charge in [0.15, 0.2) is 11.3 Å². The molecule has 1 aromatic carbocycles. The lowest BCUT2D eigenvalue weighted by atomic mass is 10.0. The van der Waals surface area contributed by atoms with E-state index in [0.717, 1.165) is 6.07 Å². The highest BCUT2D eigenvalue weighted by Gasteiger charge is 2.33. The Kier molecular flexibility index (Phi) is 4.78. The zero-order chi connectivity index (χ0) is 21.3. The smallest absolute Gasteiger partial charge is 0.417 e. The van der Waals surface area contributed by atoms with Crippen LogP contribution in [0.15, 0.2) is 54.9 Å². The van der Waals surface area contributed by atoms with Crippen molar-refractivity contribution >= 4 is 17.4 Å². The van der Waals surface area contributed by atoms with Gasteiger partial charge in [0.2, 0.25) is 0 Å². The van der Waals surface area contributed by atoms with Gasteiger partial charge in [0.25, 0.3) is 5.91 Å². The summed E-state index contributed by atoms with van der Waals surface area (Å²) in [5.41, 5.74) is -0.558. The molecule has 0 spiro atoms. The quantitative estimate of drug-likeness (QED) is 0.550. The molecule has 0 aliphatic heterocycles. The number of anilines is 1. The van der Waals surface area contributed by atoms with E-state index in [-0.39, 0.29) is 28.8 Å². The van der Waals surface area contributed by atoms with Crippen LogP contribution in [0.5, 0.6) is 6.01 Å². The molecular formula is C19H13F3N6O2. The zero-order valence-corrected chi connectivity index (χ0v) is 15.4. The van der Waals surface area contributed by atoms with Crippen LogP contribution in [0, 0.1) is 0 Å². The first kappa shape index (κ1) is 19.3. The molecule has 1 N–H and O–H groups in total. The molecule has 8 nitrogen and oxygen atoms in total. The van der Waals surface area contributed by atoms with E-state index in [2.05, 4.69) is 25.4 Å². The molecule has 152 valence electrons. The number of imidazole rings is 1. The minimum atomic E-state index is -4.55. The van der Waals surface area contributed by atoms with Crippen LogP contribution in [-0.2, 0) is 6.18 Å². The Hall–Kier alpha value is -4.02. The molecule has 3 aromatic heterocycles. The second kappa shape index (κ2) is 7.43. The van der Waals surface area contributed by atoms with Gasteiger partial charge in [0, 0.05) is 11.8 Å². The summed E-state index contributed by atoms with van der Waals surface area (Å²) in [6.45, 7) is 0. The Morgan fingerprint density at radius 1 is 1.10 bits per heavy atom. The van der Waals surface area contributed by atoms with Crippen molar-refractivity contribution in [2.75, 3.05) is 12.4 Å². The molecular weight excluding hydrogens is 401 g/mol. The Bertz CT molecular complexity index is 1240. The van der Waals surface area contributed by atoms with Crippen LogP contribution >= 0.6 is 0 Å². The van der Waals surface area contributed by atoms with Crippen LogP contribution in [-0.4, -0.2) is 37.6 Å². The summed E-state index contributed by atoms with van der Waals surface area (Å²) >= 11 is 0. The van der Waals surface area contributed by atoms with Crippen molar-refractivity contribution in [3.05, 3.63) is 66.1 Å². The number of rotatable bonds is 4. The molecule has 0 saturated carbocycles. The Morgan fingerprint density at radius 3 is 2.67 bits per heavy atom. The zero-order valence-electron chi connectivity index (χ0n) is 15.4. The SMILES string of the molecule is COc1nccc(NC(=O)c2cnc3ccc(-c4ccccc4C(F)(F)F)nn23)n1. The van der Waals surface area contributed by atoms with E-state index in [0.29, 0.717) is 5.65 Å². The highest BCUT2D eigenvalue weighted by molar-refractivity contribution is 6.02. The number of hydrogen-bond acceptors (Lipinski definition) is 6. The lowest BCUT2D eigenvalue weighted by molar-refractivity contribution is -0.137. The maximum Gasteiger partial charge on any atom is 0.417 e. The van der Waals surface area contributed by atoms with Crippen molar-refractivity contribution in [1.82, 2.24) is 24.6 Å². The number of halogens is 3. The van der Waals surface area contributed by atoms with Crippen molar-refractivity contribution in [2.24, 2.45) is 0 Å². The van der Waals surface area contributed by atoms with Crippen LogP contribution < -0.4 is 10.1 Å². The predicted molar refractivity (Wildman–Crippen MR) is 100.0 cm³/mol. The maximum absolute atomic E-state index is 13.4. The number of aromatic nitrogens is 5. The van der Waals surface area contributed by atoms with Gasteiger partial charge in [0.1, 0.15) is 5.82 Å². The van der Waals surface area contributed by atoms with Crippen LogP contribution in [0.1, 0.15) is 16.1 Å². The molecule has 0 bridgehead atoms. The van der Waals surface area contributed by atoms with E-state index in [4.69, 9.17) is 4.74 Å². The molecule has 30 heavy (non-hydrogen) atoms. The summed E-state index contributed by atoms with van der Waals surface area (Å²) < 4.78 is 46.2. The predicted octanol–water partition coefficient (Wildman–Crippen LogP) is 3.47. The average Bonchev–Trinajstić information content (AvgIpc) is 3.16. The second-order valence-electron chi connectivity index (χ2n) is 6.06. The van der Waals surface area contributed by atoms with Crippen LogP contribution in [0.25, 0.3) is 16.9 Å². The number of ether oxygens (including phenoxy) is 1. The molecule has 0 atom stereocenters. The molecule has 0 fully saturated rings. The van der Waals surface area contributed by atoms with Crippen molar-refractivity contribution in [2.45, 2.75) is 6.18 Å². The van der Waals surface area contributed by atoms with Crippen LogP contribution in [0.2, 0.25) is 0 Å². The minimum Gasteiger partial charge on any atom is -0.467 e. The maximum atomic E-state index is 13.4. The fraction of sp³-hybridized carbons (Fsp3) is 0.105. The third-order valence-electron chi connectivity index (χ3n) is 4.16. The van der Waals surface area contributed by atoms with Gasteiger partial charge in [-0.1, -0.05) is 18.2 Å². The number of nitrogens with zero attached hydrogens (tertiary/aromatic N) is 5. The van der Waals surface area contributed by atoms with E-state index >= 15 is 0 Å². The molecule has 0 saturated heterocycles. The number of methoxy groups -OCH3 is 1. The fourth-order valence-corrected chi connectivity index (χ4v) is 2.81. The number of nitrogens with one attached hydrogen (secondary N) is 1. The number of carbonyl (C=O) groups is 1. The highest BCUT2D eigenvalue weighted by Crippen LogP contribution is 2.36. The third-order valence-corrected chi connectivity index (χ3v) is 4.16. The normalized spacial score (nSPS) is 11.5. The standard InChI is InChI=1S/C19H13F3N6O2/c1-30-18-23-9-8-15(26-18)25-17(29)14-10-24-16-7-6-13(27-28(14)16)11-4-2-3-5-12(11)19(20,21)22/h2-10H,1H3,(H,23,25,26,29). The average molecular weight is 414 g/mol. The third kappa shape index (κ3) is 3.64. The Labute approximate surface area is 167 Å². The van der Waals surface area contributed by atoms with E-state index in [1.807, 2.05) is 0 Å². The minimum absolute atomic E-state index is 0.0221. The summed E-state index contributed by atoms with van der Waals surface area (Å²) in [6, 6.07) is 9.52. The van der Waals surface area contributed by atoms with Gasteiger partial charge in [-0.25, -0.2) is 14.5 Å². The number of amides is 1. The van der Waals surface area contributed by atoms with Crippen molar-refractivity contribution in [3.63, 3.8) is 0 Å². The summed E-state index contributed by atoms with van der Waals surface area (Å²) in [6.07, 6.45) is -1.87. The van der Waals surface area contributed by atoms with Gasteiger partial charge in [0.05, 0.1) is 24.6 Å². The molecule has 4 aromatic rings. The second-order valence-corrected chi connectivity index (χ2v) is 6.06. The summed E-state index contributed by atoms with van der Waals surface area (Å²) in [7, 11) is 1.38. The first-order valence-electron chi connectivity index (χ1n) is 8.56. The molecule has 1 amide bonds. The molecule has 0 unspecified atom stereocenters.